The Morgan fingerprint density at radius 1 is 1.20 bits per heavy atom. The number of rotatable bonds is 2. The molecule has 2 nitrogen and oxygen atoms in total. The van der Waals surface area contributed by atoms with E-state index < -0.39 is 17.8 Å². The Morgan fingerprint density at radius 2 is 1.90 bits per heavy atom. The second-order valence-electron chi connectivity index (χ2n) is 4.45. The molecule has 0 radical (unpaired) electrons. The zero-order valence-corrected chi connectivity index (χ0v) is 11.3. The molecule has 0 amide bonds. The van der Waals surface area contributed by atoms with Gasteiger partial charge in [-0.2, -0.15) is 13.2 Å². The molecule has 106 valence electrons. The van der Waals surface area contributed by atoms with Crippen LogP contribution >= 0.6 is 11.6 Å². The molecule has 0 bridgehead atoms. The third kappa shape index (κ3) is 3.11. The molecule has 6 heteroatoms. The number of nitrogens with two attached hydrogens (primary N) is 1. The zero-order valence-electron chi connectivity index (χ0n) is 10.6. The summed E-state index contributed by atoms with van der Waals surface area (Å²) < 4.78 is 37.8. The van der Waals surface area contributed by atoms with E-state index in [4.69, 9.17) is 17.3 Å². The molecule has 0 aliphatic carbocycles. The summed E-state index contributed by atoms with van der Waals surface area (Å²) in [6, 6.07) is 6.21. The first-order valence-corrected chi connectivity index (χ1v) is 6.21. The zero-order chi connectivity index (χ0) is 14.9. The number of hydrogen-bond acceptors (Lipinski definition) is 2. The van der Waals surface area contributed by atoms with Gasteiger partial charge < -0.3 is 5.73 Å². The van der Waals surface area contributed by atoms with Crippen LogP contribution in [0.1, 0.15) is 28.4 Å². The van der Waals surface area contributed by atoms with Crippen molar-refractivity contribution in [3.8, 4) is 0 Å². The van der Waals surface area contributed by atoms with Crippen LogP contribution in [0.4, 0.5) is 13.2 Å². The summed E-state index contributed by atoms with van der Waals surface area (Å²) in [5, 5.41) is 0.477. The van der Waals surface area contributed by atoms with Gasteiger partial charge in [0.1, 0.15) is 0 Å². The van der Waals surface area contributed by atoms with Crippen molar-refractivity contribution >= 4 is 11.6 Å². The van der Waals surface area contributed by atoms with Crippen LogP contribution in [0.2, 0.25) is 5.02 Å². The first-order chi connectivity index (χ1) is 9.29. The molecule has 0 aliphatic rings. The molecular weight excluding hydrogens is 289 g/mol. The molecule has 20 heavy (non-hydrogen) atoms. The van der Waals surface area contributed by atoms with Crippen LogP contribution in [0.15, 0.2) is 36.5 Å². The van der Waals surface area contributed by atoms with Crippen LogP contribution in [-0.2, 0) is 6.18 Å². The van der Waals surface area contributed by atoms with E-state index in [1.165, 1.54) is 12.3 Å². The van der Waals surface area contributed by atoms with Gasteiger partial charge in [-0.1, -0.05) is 17.7 Å². The highest BCUT2D eigenvalue weighted by molar-refractivity contribution is 6.30. The van der Waals surface area contributed by atoms with Crippen LogP contribution in [0.5, 0.6) is 0 Å². The Hall–Kier alpha value is -1.59. The van der Waals surface area contributed by atoms with E-state index >= 15 is 0 Å². The van der Waals surface area contributed by atoms with Crippen molar-refractivity contribution < 1.29 is 13.2 Å². The minimum atomic E-state index is -4.36. The first kappa shape index (κ1) is 14.8. The highest BCUT2D eigenvalue weighted by Gasteiger charge is 2.31. The van der Waals surface area contributed by atoms with Gasteiger partial charge in [-0.3, -0.25) is 4.98 Å². The van der Waals surface area contributed by atoms with E-state index in [-0.39, 0.29) is 0 Å². The van der Waals surface area contributed by atoms with Gasteiger partial charge in [0.05, 0.1) is 22.3 Å². The van der Waals surface area contributed by atoms with Gasteiger partial charge >= 0.3 is 6.18 Å². The standard InChI is InChI=1S/C14H12ClF3N2/c1-8-6-9(14(16,17)18)2-4-11(8)13(19)12-5-3-10(15)7-20-12/h2-7,13H,19H2,1H3. The van der Waals surface area contributed by atoms with Gasteiger partial charge in [-0.05, 0) is 42.3 Å². The maximum absolute atomic E-state index is 12.6. The van der Waals surface area contributed by atoms with Crippen LogP contribution in [0, 0.1) is 6.92 Å². The normalized spacial score (nSPS) is 13.3. The first-order valence-electron chi connectivity index (χ1n) is 5.84. The summed E-state index contributed by atoms with van der Waals surface area (Å²) in [7, 11) is 0. The predicted octanol–water partition coefficient (Wildman–Crippen LogP) is 4.11. The average molecular weight is 301 g/mol. The summed E-state index contributed by atoms with van der Waals surface area (Å²) in [6.45, 7) is 1.60. The van der Waals surface area contributed by atoms with E-state index in [2.05, 4.69) is 4.98 Å². The van der Waals surface area contributed by atoms with Crippen LogP contribution < -0.4 is 5.73 Å². The van der Waals surface area contributed by atoms with Crippen LogP contribution in [0.3, 0.4) is 0 Å². The minimum Gasteiger partial charge on any atom is -0.319 e. The second kappa shape index (κ2) is 5.42. The number of halogens is 4. The summed E-state index contributed by atoms with van der Waals surface area (Å²) in [4.78, 5) is 4.09. The number of pyridine rings is 1. The monoisotopic (exact) mass is 300 g/mol. The smallest absolute Gasteiger partial charge is 0.319 e. The van der Waals surface area contributed by atoms with Gasteiger partial charge in [0.15, 0.2) is 0 Å². The number of alkyl halides is 3. The van der Waals surface area contributed by atoms with Crippen molar-refractivity contribution in [2.24, 2.45) is 5.73 Å². The van der Waals surface area contributed by atoms with Crippen LogP contribution in [0.25, 0.3) is 0 Å². The van der Waals surface area contributed by atoms with Gasteiger partial charge in [0.25, 0.3) is 0 Å². The molecule has 1 heterocycles. The van der Waals surface area contributed by atoms with Crippen molar-refractivity contribution in [3.05, 3.63) is 63.9 Å². The molecule has 1 atom stereocenters. The third-order valence-electron chi connectivity index (χ3n) is 3.00. The molecular formula is C14H12ClF3N2. The van der Waals surface area contributed by atoms with Gasteiger partial charge in [0, 0.05) is 6.20 Å². The molecule has 1 aromatic heterocycles. The lowest BCUT2D eigenvalue weighted by atomic mass is 9.97. The molecule has 0 saturated heterocycles. The molecule has 0 saturated carbocycles. The Balaban J connectivity index is 2.36. The van der Waals surface area contributed by atoms with Crippen molar-refractivity contribution in [1.29, 1.82) is 0 Å². The molecule has 0 fully saturated rings. The fourth-order valence-electron chi connectivity index (χ4n) is 1.93. The van der Waals surface area contributed by atoms with E-state index in [1.807, 2.05) is 0 Å². The lowest BCUT2D eigenvalue weighted by molar-refractivity contribution is -0.137. The summed E-state index contributed by atoms with van der Waals surface area (Å²) in [5.41, 5.74) is 6.99. The van der Waals surface area contributed by atoms with Crippen molar-refractivity contribution in [2.45, 2.75) is 19.1 Å². The minimum absolute atomic E-state index is 0.476. The number of hydrogen-bond donors (Lipinski definition) is 1. The summed E-state index contributed by atoms with van der Waals surface area (Å²) >= 11 is 5.74. The molecule has 1 unspecified atom stereocenters. The molecule has 2 aromatic rings. The Kier molecular flexibility index (Phi) is 4.01. The maximum Gasteiger partial charge on any atom is 0.416 e. The third-order valence-corrected chi connectivity index (χ3v) is 3.22. The molecule has 0 aliphatic heterocycles. The maximum atomic E-state index is 12.6. The van der Waals surface area contributed by atoms with E-state index in [9.17, 15) is 13.2 Å². The quantitative estimate of drug-likeness (QED) is 0.906. The van der Waals surface area contributed by atoms with Crippen molar-refractivity contribution in [1.82, 2.24) is 4.98 Å². The number of aryl methyl sites for hydroxylation is 1. The predicted molar refractivity (Wildman–Crippen MR) is 71.5 cm³/mol. The van der Waals surface area contributed by atoms with Crippen molar-refractivity contribution in [3.63, 3.8) is 0 Å². The second-order valence-corrected chi connectivity index (χ2v) is 4.88. The molecule has 2 rings (SSSR count). The van der Waals surface area contributed by atoms with Gasteiger partial charge in [0.2, 0.25) is 0 Å². The lowest BCUT2D eigenvalue weighted by Gasteiger charge is -2.16. The topological polar surface area (TPSA) is 38.9 Å². The molecule has 1 aromatic carbocycles. The number of benzene rings is 1. The Morgan fingerprint density at radius 3 is 2.40 bits per heavy atom. The summed E-state index contributed by atoms with van der Waals surface area (Å²) in [5.74, 6) is 0. The van der Waals surface area contributed by atoms with Crippen LogP contribution in [-0.4, -0.2) is 4.98 Å². The fourth-order valence-corrected chi connectivity index (χ4v) is 2.04. The fraction of sp³-hybridized carbons (Fsp3) is 0.214. The summed E-state index contributed by atoms with van der Waals surface area (Å²) in [6.07, 6.45) is -2.90. The lowest BCUT2D eigenvalue weighted by Crippen LogP contribution is -2.15. The Bertz CT molecular complexity index is 609. The van der Waals surface area contributed by atoms with Gasteiger partial charge in [-0.25, -0.2) is 0 Å². The largest absolute Gasteiger partial charge is 0.416 e. The Labute approximate surface area is 119 Å². The molecule has 2 N–H and O–H groups in total. The van der Waals surface area contributed by atoms with Crippen molar-refractivity contribution in [2.75, 3.05) is 0 Å². The van der Waals surface area contributed by atoms with E-state index in [0.717, 1.165) is 12.1 Å². The van der Waals surface area contributed by atoms with E-state index in [0.29, 0.717) is 21.8 Å². The highest BCUT2D eigenvalue weighted by atomic mass is 35.5. The average Bonchev–Trinajstić information content (AvgIpc) is 2.37. The van der Waals surface area contributed by atoms with Gasteiger partial charge in [-0.15, -0.1) is 0 Å². The SMILES string of the molecule is Cc1cc(C(F)(F)F)ccc1C(N)c1ccc(Cl)cn1. The molecule has 0 spiro atoms. The number of aromatic nitrogens is 1. The highest BCUT2D eigenvalue weighted by Crippen LogP contribution is 2.32. The number of nitrogens with zero attached hydrogens (tertiary/aromatic N) is 1. The van der Waals surface area contributed by atoms with E-state index in [1.54, 1.807) is 19.1 Å².